The van der Waals surface area contributed by atoms with Gasteiger partial charge < -0.3 is 9.73 Å². The van der Waals surface area contributed by atoms with Crippen LogP contribution in [-0.4, -0.2) is 34.9 Å². The third kappa shape index (κ3) is 5.12. The molecule has 0 spiro atoms. The average molecular weight is 410 g/mol. The minimum absolute atomic E-state index is 0.0880. The summed E-state index contributed by atoms with van der Waals surface area (Å²) in [5.41, 5.74) is 3.20. The summed E-state index contributed by atoms with van der Waals surface area (Å²) in [6.45, 7) is 6.64. The molecule has 1 unspecified atom stereocenters. The van der Waals surface area contributed by atoms with Crippen molar-refractivity contribution < 1.29 is 9.21 Å². The number of nitrogens with one attached hydrogen (secondary N) is 1. The van der Waals surface area contributed by atoms with Gasteiger partial charge in [-0.05, 0) is 57.7 Å². The lowest BCUT2D eigenvalue weighted by molar-refractivity contribution is -0.127. The van der Waals surface area contributed by atoms with Gasteiger partial charge in [0.25, 0.3) is 0 Å². The van der Waals surface area contributed by atoms with Crippen molar-refractivity contribution in [3.63, 3.8) is 0 Å². The summed E-state index contributed by atoms with van der Waals surface area (Å²) in [7, 11) is 0. The molecule has 1 N–H and O–H groups in total. The number of aryl methyl sites for hydroxylation is 2. The van der Waals surface area contributed by atoms with Gasteiger partial charge in [0.15, 0.2) is 0 Å². The van der Waals surface area contributed by atoms with Crippen LogP contribution in [0.2, 0.25) is 0 Å². The Morgan fingerprint density at radius 1 is 1.10 bits per heavy atom. The summed E-state index contributed by atoms with van der Waals surface area (Å²) < 4.78 is 5.99. The van der Waals surface area contributed by atoms with Crippen LogP contribution in [0.3, 0.4) is 0 Å². The van der Waals surface area contributed by atoms with E-state index in [0.717, 1.165) is 62.3 Å². The number of aromatic nitrogens is 1. The molecule has 0 bridgehead atoms. The zero-order valence-corrected chi connectivity index (χ0v) is 18.5. The van der Waals surface area contributed by atoms with E-state index in [9.17, 15) is 4.79 Å². The summed E-state index contributed by atoms with van der Waals surface area (Å²) >= 11 is 0. The van der Waals surface area contributed by atoms with Crippen LogP contribution in [0.4, 0.5) is 0 Å². The minimum atomic E-state index is 0.0880. The summed E-state index contributed by atoms with van der Waals surface area (Å²) in [4.78, 5) is 20.1. The first kappa shape index (κ1) is 21.1. The highest BCUT2D eigenvalue weighted by Gasteiger charge is 2.28. The second kappa shape index (κ2) is 9.78. The first-order chi connectivity index (χ1) is 14.6. The quantitative estimate of drug-likeness (QED) is 0.705. The van der Waals surface area contributed by atoms with Crippen LogP contribution in [-0.2, 0) is 11.3 Å². The van der Waals surface area contributed by atoms with Crippen molar-refractivity contribution >= 4 is 5.91 Å². The second-order valence-electron chi connectivity index (χ2n) is 9.11. The lowest BCUT2D eigenvalue weighted by Crippen LogP contribution is -2.45. The fraction of sp³-hybridized carbons (Fsp3) is 0.600. The number of benzene rings is 1. The summed E-state index contributed by atoms with van der Waals surface area (Å²) in [5.74, 6) is 1.91. The van der Waals surface area contributed by atoms with Gasteiger partial charge in [-0.25, -0.2) is 4.98 Å². The number of rotatable bonds is 5. The van der Waals surface area contributed by atoms with Crippen LogP contribution >= 0.6 is 0 Å². The average Bonchev–Trinajstić information content (AvgIpc) is 2.93. The third-order valence-corrected chi connectivity index (χ3v) is 6.72. The number of amides is 1. The SMILES string of the molecule is Cc1ccccc1-c1nc(CN2CCCC(C(=O)NC3CCCCCC3)C2)c(C)o1. The molecule has 2 heterocycles. The van der Waals surface area contributed by atoms with Crippen molar-refractivity contribution in [2.24, 2.45) is 5.92 Å². The molecule has 1 aromatic carbocycles. The molecule has 1 aliphatic carbocycles. The van der Waals surface area contributed by atoms with Gasteiger partial charge in [0.1, 0.15) is 5.76 Å². The van der Waals surface area contributed by atoms with E-state index in [1.54, 1.807) is 0 Å². The van der Waals surface area contributed by atoms with Gasteiger partial charge >= 0.3 is 0 Å². The van der Waals surface area contributed by atoms with E-state index in [2.05, 4.69) is 29.3 Å². The monoisotopic (exact) mass is 409 g/mol. The zero-order chi connectivity index (χ0) is 20.9. The molecule has 5 heteroatoms. The Kier molecular flexibility index (Phi) is 6.88. The van der Waals surface area contributed by atoms with Crippen molar-refractivity contribution in [3.05, 3.63) is 41.3 Å². The maximum absolute atomic E-state index is 12.9. The predicted molar refractivity (Wildman–Crippen MR) is 119 cm³/mol. The molecule has 1 amide bonds. The number of carbonyl (C=O) groups is 1. The highest BCUT2D eigenvalue weighted by atomic mass is 16.4. The minimum Gasteiger partial charge on any atom is -0.441 e. The molecule has 1 saturated heterocycles. The van der Waals surface area contributed by atoms with Crippen molar-refractivity contribution in [3.8, 4) is 11.5 Å². The van der Waals surface area contributed by atoms with Gasteiger partial charge in [-0.15, -0.1) is 0 Å². The molecule has 2 aliphatic rings. The van der Waals surface area contributed by atoms with Crippen molar-refractivity contribution in [2.45, 2.75) is 77.8 Å². The molecule has 4 rings (SSSR count). The van der Waals surface area contributed by atoms with E-state index in [-0.39, 0.29) is 11.8 Å². The zero-order valence-electron chi connectivity index (χ0n) is 18.5. The highest BCUT2D eigenvalue weighted by Crippen LogP contribution is 2.27. The van der Waals surface area contributed by atoms with Crippen LogP contribution in [0.15, 0.2) is 28.7 Å². The molecule has 5 nitrogen and oxygen atoms in total. The maximum Gasteiger partial charge on any atom is 0.226 e. The largest absolute Gasteiger partial charge is 0.441 e. The summed E-state index contributed by atoms with van der Waals surface area (Å²) in [6, 6.07) is 8.56. The Bertz CT molecular complexity index is 852. The van der Waals surface area contributed by atoms with Gasteiger partial charge in [0.05, 0.1) is 11.6 Å². The molecular weight excluding hydrogens is 374 g/mol. The number of oxazole rings is 1. The number of carbonyl (C=O) groups excluding carboxylic acids is 1. The van der Waals surface area contributed by atoms with Crippen LogP contribution in [0.25, 0.3) is 11.5 Å². The highest BCUT2D eigenvalue weighted by molar-refractivity contribution is 5.79. The standard InChI is InChI=1S/C25H35N3O2/c1-18-10-7-8-14-22(18)25-27-23(19(2)30-25)17-28-15-9-11-20(16-28)24(29)26-21-12-5-3-4-6-13-21/h7-8,10,14,20-21H,3-6,9,11-13,15-17H2,1-2H3,(H,26,29). The first-order valence-corrected chi connectivity index (χ1v) is 11.6. The fourth-order valence-electron chi connectivity index (χ4n) is 4.87. The summed E-state index contributed by atoms with van der Waals surface area (Å²) in [6.07, 6.45) is 9.44. The Morgan fingerprint density at radius 3 is 2.63 bits per heavy atom. The van der Waals surface area contributed by atoms with Gasteiger partial charge in [-0.2, -0.15) is 0 Å². The molecule has 30 heavy (non-hydrogen) atoms. The van der Waals surface area contributed by atoms with Crippen LogP contribution < -0.4 is 5.32 Å². The van der Waals surface area contributed by atoms with E-state index < -0.39 is 0 Å². The van der Waals surface area contributed by atoms with Gasteiger partial charge in [0.2, 0.25) is 11.8 Å². The van der Waals surface area contributed by atoms with Crippen molar-refractivity contribution in [2.75, 3.05) is 13.1 Å². The number of hydrogen-bond donors (Lipinski definition) is 1. The van der Waals surface area contributed by atoms with Crippen LogP contribution in [0.5, 0.6) is 0 Å². The number of piperidine rings is 1. The van der Waals surface area contributed by atoms with Crippen molar-refractivity contribution in [1.82, 2.24) is 15.2 Å². The van der Waals surface area contributed by atoms with Crippen molar-refractivity contribution in [1.29, 1.82) is 0 Å². The Labute approximate surface area is 180 Å². The molecule has 1 atom stereocenters. The van der Waals surface area contributed by atoms with Gasteiger partial charge in [-0.3, -0.25) is 9.69 Å². The normalized spacial score (nSPS) is 21.3. The molecule has 1 saturated carbocycles. The molecule has 162 valence electrons. The van der Waals surface area contributed by atoms with Gasteiger partial charge in [0, 0.05) is 24.7 Å². The smallest absolute Gasteiger partial charge is 0.226 e. The Balaban J connectivity index is 1.37. The molecular formula is C25H35N3O2. The maximum atomic E-state index is 12.9. The lowest BCUT2D eigenvalue weighted by atomic mass is 9.96. The van der Waals surface area contributed by atoms with E-state index in [4.69, 9.17) is 9.40 Å². The van der Waals surface area contributed by atoms with Crippen LogP contribution in [0.1, 0.15) is 68.4 Å². The first-order valence-electron chi connectivity index (χ1n) is 11.6. The lowest BCUT2D eigenvalue weighted by Gasteiger charge is -2.32. The fourth-order valence-corrected chi connectivity index (χ4v) is 4.87. The molecule has 1 aromatic heterocycles. The number of nitrogens with zero attached hydrogens (tertiary/aromatic N) is 2. The third-order valence-electron chi connectivity index (χ3n) is 6.72. The van der Waals surface area contributed by atoms with E-state index in [1.165, 1.54) is 31.2 Å². The molecule has 2 aromatic rings. The van der Waals surface area contributed by atoms with E-state index in [1.807, 2.05) is 19.1 Å². The molecule has 1 aliphatic heterocycles. The summed E-state index contributed by atoms with van der Waals surface area (Å²) in [5, 5.41) is 3.36. The van der Waals surface area contributed by atoms with Gasteiger partial charge in [-0.1, -0.05) is 43.9 Å². The topological polar surface area (TPSA) is 58.4 Å². The second-order valence-corrected chi connectivity index (χ2v) is 9.11. The Morgan fingerprint density at radius 2 is 1.87 bits per heavy atom. The predicted octanol–water partition coefficient (Wildman–Crippen LogP) is 5.01. The molecule has 0 radical (unpaired) electrons. The number of likely N-dealkylation sites (tertiary alicyclic amines) is 1. The van der Waals surface area contributed by atoms with E-state index >= 15 is 0 Å². The number of hydrogen-bond acceptors (Lipinski definition) is 4. The van der Waals surface area contributed by atoms with E-state index in [0.29, 0.717) is 11.9 Å². The molecule has 2 fully saturated rings. The van der Waals surface area contributed by atoms with Crippen LogP contribution in [0, 0.1) is 19.8 Å². The Hall–Kier alpha value is -2.14.